The number of carbonyl (C=O) groups excluding carboxylic acids is 2. The Labute approximate surface area is 179 Å². The lowest BCUT2D eigenvalue weighted by Crippen LogP contribution is -2.32. The Morgan fingerprint density at radius 3 is 2.33 bits per heavy atom. The lowest BCUT2D eigenvalue weighted by atomic mass is 10.1. The van der Waals surface area contributed by atoms with Crippen LogP contribution in [0.25, 0.3) is 6.08 Å². The SMILES string of the molecule is COc1cc(/C=C2\SC(=O)N(CCOc3cc(C)ccc3C)C2=O)cc(OC)c1O. The van der Waals surface area contributed by atoms with Crippen molar-refractivity contribution < 1.29 is 28.9 Å². The predicted molar refractivity (Wildman–Crippen MR) is 115 cm³/mol. The fourth-order valence-corrected chi connectivity index (χ4v) is 3.82. The largest absolute Gasteiger partial charge is 0.502 e. The van der Waals surface area contributed by atoms with E-state index in [4.69, 9.17) is 14.2 Å². The van der Waals surface area contributed by atoms with Crippen molar-refractivity contribution >= 4 is 29.0 Å². The molecule has 1 heterocycles. The van der Waals surface area contributed by atoms with Gasteiger partial charge in [0.05, 0.1) is 25.7 Å². The number of phenols is 1. The third-order valence-corrected chi connectivity index (χ3v) is 5.50. The number of methoxy groups -OCH3 is 2. The van der Waals surface area contributed by atoms with Crippen molar-refractivity contribution in [2.75, 3.05) is 27.4 Å². The maximum absolute atomic E-state index is 12.7. The van der Waals surface area contributed by atoms with Crippen molar-refractivity contribution in [1.29, 1.82) is 0 Å². The van der Waals surface area contributed by atoms with Crippen LogP contribution in [0.2, 0.25) is 0 Å². The molecule has 0 aromatic heterocycles. The summed E-state index contributed by atoms with van der Waals surface area (Å²) in [5.74, 6) is 0.638. The van der Waals surface area contributed by atoms with E-state index in [1.165, 1.54) is 14.2 Å². The van der Waals surface area contributed by atoms with E-state index in [1.807, 2.05) is 32.0 Å². The van der Waals surface area contributed by atoms with Crippen LogP contribution in [0.3, 0.4) is 0 Å². The van der Waals surface area contributed by atoms with E-state index in [1.54, 1.807) is 18.2 Å². The molecule has 2 amide bonds. The van der Waals surface area contributed by atoms with Crippen LogP contribution in [0.15, 0.2) is 35.2 Å². The molecule has 1 aliphatic heterocycles. The van der Waals surface area contributed by atoms with E-state index in [0.717, 1.165) is 33.5 Å². The molecular weight excluding hydrogens is 406 g/mol. The molecular formula is C22H23NO6S. The summed E-state index contributed by atoms with van der Waals surface area (Å²) in [6.45, 7) is 4.27. The molecule has 0 aliphatic carbocycles. The molecule has 1 fully saturated rings. The highest BCUT2D eigenvalue weighted by molar-refractivity contribution is 8.18. The Hall–Kier alpha value is -3.13. The van der Waals surface area contributed by atoms with Crippen molar-refractivity contribution in [3.8, 4) is 23.0 Å². The Bertz CT molecular complexity index is 992. The van der Waals surface area contributed by atoms with Gasteiger partial charge >= 0.3 is 0 Å². The zero-order valence-corrected chi connectivity index (χ0v) is 18.0. The summed E-state index contributed by atoms with van der Waals surface area (Å²) >= 11 is 0.858. The van der Waals surface area contributed by atoms with Gasteiger partial charge in [0, 0.05) is 0 Å². The fraction of sp³-hybridized carbons (Fsp3) is 0.273. The number of nitrogens with zero attached hydrogens (tertiary/aromatic N) is 1. The smallest absolute Gasteiger partial charge is 0.293 e. The first-order valence-corrected chi connectivity index (χ1v) is 10.1. The predicted octanol–water partition coefficient (Wildman–Crippen LogP) is 4.14. The van der Waals surface area contributed by atoms with Gasteiger partial charge in [0.25, 0.3) is 11.1 Å². The van der Waals surface area contributed by atoms with Crippen molar-refractivity contribution in [1.82, 2.24) is 4.90 Å². The minimum absolute atomic E-state index is 0.131. The van der Waals surface area contributed by atoms with E-state index >= 15 is 0 Å². The normalized spacial score (nSPS) is 15.1. The third-order valence-electron chi connectivity index (χ3n) is 4.59. The van der Waals surface area contributed by atoms with Crippen molar-refractivity contribution in [3.05, 3.63) is 51.9 Å². The zero-order chi connectivity index (χ0) is 21.8. The highest BCUT2D eigenvalue weighted by atomic mass is 32.2. The van der Waals surface area contributed by atoms with Crippen LogP contribution in [0.4, 0.5) is 4.79 Å². The van der Waals surface area contributed by atoms with Gasteiger partial charge in [-0.15, -0.1) is 0 Å². The summed E-state index contributed by atoms with van der Waals surface area (Å²) in [6, 6.07) is 9.02. The van der Waals surface area contributed by atoms with Crippen LogP contribution in [0.1, 0.15) is 16.7 Å². The fourth-order valence-electron chi connectivity index (χ4n) is 2.95. The number of aromatic hydroxyl groups is 1. The molecule has 1 N–H and O–H groups in total. The number of ether oxygens (including phenoxy) is 3. The quantitative estimate of drug-likeness (QED) is 0.662. The van der Waals surface area contributed by atoms with Crippen LogP contribution in [-0.4, -0.2) is 48.5 Å². The van der Waals surface area contributed by atoms with Gasteiger partial charge in [-0.2, -0.15) is 0 Å². The maximum atomic E-state index is 12.7. The standard InChI is InChI=1S/C22H23NO6S/c1-13-5-6-14(2)16(9-13)29-8-7-23-21(25)19(30-22(23)26)12-15-10-17(27-3)20(24)18(11-15)28-4/h5-6,9-12,24H,7-8H2,1-4H3/b19-12-. The third kappa shape index (κ3) is 4.54. The highest BCUT2D eigenvalue weighted by Crippen LogP contribution is 2.39. The number of imide groups is 1. The Kier molecular flexibility index (Phi) is 6.56. The summed E-state index contributed by atoms with van der Waals surface area (Å²) < 4.78 is 16.0. The van der Waals surface area contributed by atoms with Gasteiger partial charge in [-0.05, 0) is 66.6 Å². The molecule has 3 rings (SSSR count). The van der Waals surface area contributed by atoms with Crippen molar-refractivity contribution in [2.45, 2.75) is 13.8 Å². The molecule has 2 aromatic carbocycles. The summed E-state index contributed by atoms with van der Waals surface area (Å²) in [5.41, 5.74) is 2.63. The van der Waals surface area contributed by atoms with Gasteiger partial charge in [-0.1, -0.05) is 12.1 Å². The van der Waals surface area contributed by atoms with Gasteiger partial charge in [0.2, 0.25) is 5.75 Å². The van der Waals surface area contributed by atoms with Gasteiger partial charge in [-0.25, -0.2) is 0 Å². The number of aryl methyl sites for hydroxylation is 2. The Morgan fingerprint density at radius 1 is 1.03 bits per heavy atom. The first-order valence-electron chi connectivity index (χ1n) is 9.24. The van der Waals surface area contributed by atoms with Crippen LogP contribution < -0.4 is 14.2 Å². The molecule has 0 unspecified atom stereocenters. The number of phenolic OH excluding ortho intramolecular Hbond substituents is 1. The lowest BCUT2D eigenvalue weighted by molar-refractivity contribution is -0.123. The van der Waals surface area contributed by atoms with Crippen molar-refractivity contribution in [3.63, 3.8) is 0 Å². The van der Waals surface area contributed by atoms with E-state index in [0.29, 0.717) is 5.56 Å². The number of thioether (sulfide) groups is 1. The van der Waals surface area contributed by atoms with E-state index in [-0.39, 0.29) is 46.5 Å². The summed E-state index contributed by atoms with van der Waals surface area (Å²) in [4.78, 5) is 26.5. The van der Waals surface area contributed by atoms with Gasteiger partial charge < -0.3 is 19.3 Å². The van der Waals surface area contributed by atoms with Crippen LogP contribution in [0.5, 0.6) is 23.0 Å². The molecule has 1 saturated heterocycles. The minimum Gasteiger partial charge on any atom is -0.502 e. The van der Waals surface area contributed by atoms with E-state index in [9.17, 15) is 14.7 Å². The minimum atomic E-state index is -0.388. The van der Waals surface area contributed by atoms with Crippen LogP contribution in [0, 0.1) is 13.8 Å². The first-order chi connectivity index (χ1) is 14.3. The molecule has 7 nitrogen and oxygen atoms in total. The van der Waals surface area contributed by atoms with E-state index < -0.39 is 0 Å². The highest BCUT2D eigenvalue weighted by Gasteiger charge is 2.35. The second-order valence-corrected chi connectivity index (χ2v) is 7.72. The second-order valence-electron chi connectivity index (χ2n) is 6.72. The molecule has 158 valence electrons. The molecule has 0 bridgehead atoms. The number of carbonyl (C=O) groups is 2. The lowest BCUT2D eigenvalue weighted by Gasteiger charge is -2.14. The van der Waals surface area contributed by atoms with Gasteiger partial charge in [0.1, 0.15) is 12.4 Å². The Balaban J connectivity index is 1.72. The maximum Gasteiger partial charge on any atom is 0.293 e. The number of amides is 2. The average molecular weight is 429 g/mol. The summed E-state index contributed by atoms with van der Waals surface area (Å²) in [5, 5.41) is 9.67. The van der Waals surface area contributed by atoms with Gasteiger partial charge in [-0.3, -0.25) is 14.5 Å². The Morgan fingerprint density at radius 2 is 1.70 bits per heavy atom. The molecule has 0 atom stereocenters. The van der Waals surface area contributed by atoms with Crippen LogP contribution >= 0.6 is 11.8 Å². The first kappa shape index (κ1) is 21.6. The zero-order valence-electron chi connectivity index (χ0n) is 17.2. The molecule has 1 aliphatic rings. The number of benzene rings is 2. The molecule has 2 aromatic rings. The van der Waals surface area contributed by atoms with Crippen LogP contribution in [-0.2, 0) is 4.79 Å². The number of hydrogen-bond acceptors (Lipinski definition) is 7. The molecule has 30 heavy (non-hydrogen) atoms. The van der Waals surface area contributed by atoms with Crippen molar-refractivity contribution in [2.24, 2.45) is 0 Å². The molecule has 0 spiro atoms. The van der Waals surface area contributed by atoms with Gasteiger partial charge in [0.15, 0.2) is 11.5 Å². The average Bonchev–Trinajstić information content (AvgIpc) is 2.98. The molecule has 8 heteroatoms. The number of hydrogen-bond donors (Lipinski definition) is 1. The molecule has 0 radical (unpaired) electrons. The van der Waals surface area contributed by atoms with E-state index in [2.05, 4.69) is 0 Å². The topological polar surface area (TPSA) is 85.3 Å². The summed E-state index contributed by atoms with van der Waals surface area (Å²) in [6.07, 6.45) is 1.57. The summed E-state index contributed by atoms with van der Waals surface area (Å²) in [7, 11) is 2.84. The number of rotatable bonds is 7. The molecule has 0 saturated carbocycles. The monoisotopic (exact) mass is 429 g/mol. The second kappa shape index (κ2) is 9.13.